The van der Waals surface area contributed by atoms with Crippen molar-refractivity contribution in [2.75, 3.05) is 29.1 Å². The van der Waals surface area contributed by atoms with Gasteiger partial charge in [-0.05, 0) is 37.0 Å². The van der Waals surface area contributed by atoms with Gasteiger partial charge in [-0.1, -0.05) is 12.1 Å². The van der Waals surface area contributed by atoms with Crippen molar-refractivity contribution in [3.8, 4) is 0 Å². The highest BCUT2D eigenvalue weighted by atomic mass is 32.2. The zero-order valence-corrected chi connectivity index (χ0v) is 18.9. The second-order valence-electron chi connectivity index (χ2n) is 7.68. The Bertz CT molecular complexity index is 1250. The zero-order valence-electron chi connectivity index (χ0n) is 17.3. The normalized spacial score (nSPS) is 15.2. The lowest BCUT2D eigenvalue weighted by molar-refractivity contribution is -0.115. The maximum atomic E-state index is 12.5. The molecule has 0 unspecified atom stereocenters. The Morgan fingerprint density at radius 3 is 3.00 bits per heavy atom. The maximum Gasteiger partial charge on any atom is 0.414 e. The van der Waals surface area contributed by atoms with Gasteiger partial charge in [0.25, 0.3) is 5.56 Å². The van der Waals surface area contributed by atoms with Crippen molar-refractivity contribution in [2.24, 2.45) is 0 Å². The predicted molar refractivity (Wildman–Crippen MR) is 127 cm³/mol. The third-order valence-corrected chi connectivity index (χ3v) is 7.72. The van der Waals surface area contributed by atoms with Crippen LogP contribution in [0.3, 0.4) is 0 Å². The molecule has 2 aromatic heterocycles. The van der Waals surface area contributed by atoms with Crippen molar-refractivity contribution in [3.63, 3.8) is 0 Å². The Labute approximate surface area is 192 Å². The van der Waals surface area contributed by atoms with E-state index in [1.54, 1.807) is 35.2 Å². The first-order valence-electron chi connectivity index (χ1n) is 10.5. The number of carbonyl (C=O) groups excluding carboxylic acids is 2. The van der Waals surface area contributed by atoms with E-state index in [4.69, 9.17) is 4.74 Å². The number of anilines is 2. The van der Waals surface area contributed by atoms with Gasteiger partial charge in [0.2, 0.25) is 5.91 Å². The molecule has 10 heteroatoms. The van der Waals surface area contributed by atoms with E-state index in [1.165, 1.54) is 15.3 Å². The minimum absolute atomic E-state index is 0.0558. The highest BCUT2D eigenvalue weighted by Crippen LogP contribution is 2.34. The number of aromatic nitrogens is 2. The summed E-state index contributed by atoms with van der Waals surface area (Å²) in [6.45, 7) is 0.804. The number of thiophene rings is 1. The monoisotopic (exact) mass is 470 g/mol. The van der Waals surface area contributed by atoms with Crippen LogP contribution in [0.25, 0.3) is 10.2 Å². The quantitative estimate of drug-likeness (QED) is 0.511. The molecule has 2 amide bonds. The molecule has 0 radical (unpaired) electrons. The van der Waals surface area contributed by atoms with Crippen LogP contribution in [0.1, 0.15) is 29.1 Å². The van der Waals surface area contributed by atoms with Crippen molar-refractivity contribution in [1.82, 2.24) is 9.97 Å². The number of para-hydroxylation sites is 2. The van der Waals surface area contributed by atoms with E-state index in [1.807, 2.05) is 12.1 Å². The molecule has 1 saturated heterocycles. The highest BCUT2D eigenvalue weighted by Gasteiger charge is 2.26. The standard InChI is InChI=1S/C22H22N4O4S2/c27-18(23-14-5-1-2-6-15(14)26-9-10-30-22(26)29)8-11-31-12-17-24-20(28)19-13-4-3-7-16(13)32-21(19)25-17/h1-2,5-6H,3-4,7-12H2,(H,23,27)(H,24,25,28). The lowest BCUT2D eigenvalue weighted by Crippen LogP contribution is -2.25. The number of benzene rings is 1. The molecule has 0 spiro atoms. The van der Waals surface area contributed by atoms with E-state index < -0.39 is 6.09 Å². The first kappa shape index (κ1) is 21.0. The van der Waals surface area contributed by atoms with Crippen molar-refractivity contribution < 1.29 is 14.3 Å². The van der Waals surface area contributed by atoms with Crippen molar-refractivity contribution in [3.05, 3.63) is 50.9 Å². The molecule has 3 heterocycles. The number of fused-ring (bicyclic) bond motifs is 3. The van der Waals surface area contributed by atoms with Gasteiger partial charge >= 0.3 is 6.09 Å². The Morgan fingerprint density at radius 2 is 2.16 bits per heavy atom. The molecule has 166 valence electrons. The number of aryl methyl sites for hydroxylation is 2. The van der Waals surface area contributed by atoms with Gasteiger partial charge in [0.1, 0.15) is 17.3 Å². The summed E-state index contributed by atoms with van der Waals surface area (Å²) in [5.74, 6) is 1.63. The smallest absolute Gasteiger partial charge is 0.414 e. The van der Waals surface area contributed by atoms with Crippen molar-refractivity contribution in [2.45, 2.75) is 31.4 Å². The summed E-state index contributed by atoms with van der Waals surface area (Å²) in [6, 6.07) is 7.19. The molecule has 1 aromatic carbocycles. The Hall–Kier alpha value is -2.85. The minimum atomic E-state index is -0.406. The molecule has 0 bridgehead atoms. The van der Waals surface area contributed by atoms with Crippen LogP contribution < -0.4 is 15.8 Å². The van der Waals surface area contributed by atoms with E-state index in [2.05, 4.69) is 15.3 Å². The number of nitrogens with one attached hydrogen (secondary N) is 2. The number of aromatic amines is 1. The topological polar surface area (TPSA) is 104 Å². The summed E-state index contributed by atoms with van der Waals surface area (Å²) < 4.78 is 4.99. The summed E-state index contributed by atoms with van der Waals surface area (Å²) >= 11 is 3.18. The lowest BCUT2D eigenvalue weighted by Gasteiger charge is -2.17. The second kappa shape index (κ2) is 8.95. The van der Waals surface area contributed by atoms with Crippen molar-refractivity contribution >= 4 is 56.7 Å². The Balaban J connectivity index is 1.16. The zero-order chi connectivity index (χ0) is 22.1. The van der Waals surface area contributed by atoms with Crippen LogP contribution in [0.2, 0.25) is 0 Å². The average Bonchev–Trinajstić information content (AvgIpc) is 3.47. The fourth-order valence-electron chi connectivity index (χ4n) is 4.09. The van der Waals surface area contributed by atoms with Crippen molar-refractivity contribution in [1.29, 1.82) is 0 Å². The number of hydrogen-bond donors (Lipinski definition) is 2. The first-order valence-corrected chi connectivity index (χ1v) is 12.5. The minimum Gasteiger partial charge on any atom is -0.447 e. The van der Waals surface area contributed by atoms with Gasteiger partial charge in [0, 0.05) is 17.1 Å². The number of thioether (sulfide) groups is 1. The number of nitrogens with zero attached hydrogens (tertiary/aromatic N) is 2. The Kier molecular flexibility index (Phi) is 5.88. The van der Waals surface area contributed by atoms with E-state index >= 15 is 0 Å². The molecule has 2 N–H and O–H groups in total. The van der Waals surface area contributed by atoms with Crippen LogP contribution in [-0.2, 0) is 28.1 Å². The number of amides is 2. The number of cyclic esters (lactones) is 1. The van der Waals surface area contributed by atoms with Crippen LogP contribution in [-0.4, -0.2) is 40.9 Å². The second-order valence-corrected chi connectivity index (χ2v) is 9.87. The average molecular weight is 471 g/mol. The number of hydrogen-bond acceptors (Lipinski definition) is 7. The molecular weight excluding hydrogens is 448 g/mol. The van der Waals surface area contributed by atoms with E-state index in [0.29, 0.717) is 48.3 Å². The van der Waals surface area contributed by atoms with E-state index in [0.717, 1.165) is 29.5 Å². The van der Waals surface area contributed by atoms with E-state index in [9.17, 15) is 14.4 Å². The maximum absolute atomic E-state index is 12.5. The molecule has 5 rings (SSSR count). The molecule has 8 nitrogen and oxygen atoms in total. The number of carbonyl (C=O) groups is 2. The van der Waals surface area contributed by atoms with Gasteiger partial charge in [-0.3, -0.25) is 14.5 Å². The number of H-pyrrole nitrogens is 1. The van der Waals surface area contributed by atoms with Gasteiger partial charge < -0.3 is 15.0 Å². The SMILES string of the molecule is O=C(CCSCc1nc2sc3c(c2c(=O)[nH]1)CCC3)Nc1ccccc1N1CCOC1=O. The summed E-state index contributed by atoms with van der Waals surface area (Å²) in [5, 5.41) is 3.65. The van der Waals surface area contributed by atoms with Crippen LogP contribution in [0, 0.1) is 0 Å². The van der Waals surface area contributed by atoms with Gasteiger partial charge in [0.05, 0.1) is 29.1 Å². The highest BCUT2D eigenvalue weighted by molar-refractivity contribution is 7.98. The van der Waals surface area contributed by atoms with E-state index in [-0.39, 0.29) is 11.5 Å². The molecule has 3 aromatic rings. The molecule has 1 aliphatic carbocycles. The third kappa shape index (κ3) is 4.12. The molecule has 32 heavy (non-hydrogen) atoms. The summed E-state index contributed by atoms with van der Waals surface area (Å²) in [4.78, 5) is 48.0. The summed E-state index contributed by atoms with van der Waals surface area (Å²) in [7, 11) is 0. The molecule has 1 aliphatic heterocycles. The van der Waals surface area contributed by atoms with Gasteiger partial charge in [-0.2, -0.15) is 11.8 Å². The Morgan fingerprint density at radius 1 is 1.28 bits per heavy atom. The van der Waals surface area contributed by atoms with Crippen LogP contribution in [0.5, 0.6) is 0 Å². The van der Waals surface area contributed by atoms with Crippen LogP contribution in [0.4, 0.5) is 16.2 Å². The predicted octanol–water partition coefficient (Wildman–Crippen LogP) is 3.69. The van der Waals surface area contributed by atoms with Gasteiger partial charge in [0.15, 0.2) is 0 Å². The van der Waals surface area contributed by atoms with Crippen LogP contribution >= 0.6 is 23.1 Å². The van der Waals surface area contributed by atoms with Gasteiger partial charge in [-0.25, -0.2) is 9.78 Å². The molecule has 1 fully saturated rings. The summed E-state index contributed by atoms with van der Waals surface area (Å²) in [5.41, 5.74) is 2.34. The first-order chi connectivity index (χ1) is 15.6. The molecule has 2 aliphatic rings. The molecule has 0 atom stereocenters. The molecular formula is C22H22N4O4S2. The van der Waals surface area contributed by atoms with Gasteiger partial charge in [-0.15, -0.1) is 11.3 Å². The fraction of sp³-hybridized carbons (Fsp3) is 0.364. The molecule has 0 saturated carbocycles. The number of rotatable bonds is 7. The largest absolute Gasteiger partial charge is 0.447 e. The lowest BCUT2D eigenvalue weighted by atomic mass is 10.2. The third-order valence-electron chi connectivity index (χ3n) is 5.57. The van der Waals surface area contributed by atoms with Crippen LogP contribution in [0.15, 0.2) is 29.1 Å². The summed E-state index contributed by atoms with van der Waals surface area (Å²) in [6.07, 6.45) is 3.02. The fourth-order valence-corrected chi connectivity index (χ4v) is 6.17. The number of ether oxygens (including phenoxy) is 1.